The minimum atomic E-state index is -0.372. The number of hydrogen-bond acceptors (Lipinski definition) is 3. The summed E-state index contributed by atoms with van der Waals surface area (Å²) in [5.74, 6) is 1.06. The Morgan fingerprint density at radius 3 is 2.25 bits per heavy atom. The van der Waals surface area contributed by atoms with Crippen molar-refractivity contribution in [2.45, 2.75) is 12.5 Å². The number of nitrogens with zero attached hydrogens (tertiary/aromatic N) is 1. The van der Waals surface area contributed by atoms with Gasteiger partial charge in [-0.05, 0) is 23.8 Å². The molecule has 0 bridgehead atoms. The molecule has 0 aliphatic carbocycles. The van der Waals surface area contributed by atoms with Crippen molar-refractivity contribution >= 4 is 5.91 Å². The third-order valence-electron chi connectivity index (χ3n) is 4.13. The lowest BCUT2D eigenvalue weighted by atomic mass is 9.87. The SMILES string of the molecule is O=C(NCc1cccnc1)C1c2ccccc2Oc2ccccc21. The summed E-state index contributed by atoms with van der Waals surface area (Å²) in [6, 6.07) is 19.2. The molecular weight excluding hydrogens is 300 g/mol. The number of para-hydroxylation sites is 2. The predicted octanol–water partition coefficient (Wildman–Crippen LogP) is 3.64. The molecule has 0 saturated carbocycles. The van der Waals surface area contributed by atoms with Gasteiger partial charge in [-0.25, -0.2) is 0 Å². The van der Waals surface area contributed by atoms with E-state index in [0.29, 0.717) is 6.54 Å². The van der Waals surface area contributed by atoms with E-state index >= 15 is 0 Å². The van der Waals surface area contributed by atoms with Gasteiger partial charge in [-0.15, -0.1) is 0 Å². The molecule has 1 aromatic heterocycles. The molecule has 2 aromatic carbocycles. The maximum atomic E-state index is 12.9. The average Bonchev–Trinajstić information content (AvgIpc) is 2.65. The van der Waals surface area contributed by atoms with Crippen LogP contribution in [0.25, 0.3) is 0 Å². The monoisotopic (exact) mass is 316 g/mol. The number of amides is 1. The van der Waals surface area contributed by atoms with Gasteiger partial charge in [0.1, 0.15) is 11.5 Å². The number of carbonyl (C=O) groups excluding carboxylic acids is 1. The fourth-order valence-corrected chi connectivity index (χ4v) is 2.99. The van der Waals surface area contributed by atoms with Gasteiger partial charge in [0, 0.05) is 30.1 Å². The summed E-state index contributed by atoms with van der Waals surface area (Å²) in [5, 5.41) is 3.02. The zero-order valence-electron chi connectivity index (χ0n) is 13.0. The van der Waals surface area contributed by atoms with Crippen LogP contribution in [-0.4, -0.2) is 10.9 Å². The van der Waals surface area contributed by atoms with Gasteiger partial charge in [-0.3, -0.25) is 9.78 Å². The first-order valence-corrected chi connectivity index (χ1v) is 7.85. The van der Waals surface area contributed by atoms with E-state index in [2.05, 4.69) is 10.3 Å². The number of fused-ring (bicyclic) bond motifs is 2. The van der Waals surface area contributed by atoms with Crippen molar-refractivity contribution in [3.63, 3.8) is 0 Å². The molecule has 4 heteroatoms. The standard InChI is InChI=1S/C20H16N2O2/c23-20(22-13-14-6-5-11-21-12-14)19-15-7-1-3-9-17(15)24-18-10-4-2-8-16(18)19/h1-12,19H,13H2,(H,22,23). The van der Waals surface area contributed by atoms with Gasteiger partial charge in [0.15, 0.2) is 0 Å². The quantitative estimate of drug-likeness (QED) is 0.802. The van der Waals surface area contributed by atoms with Crippen molar-refractivity contribution in [1.82, 2.24) is 10.3 Å². The van der Waals surface area contributed by atoms with Gasteiger partial charge in [-0.2, -0.15) is 0 Å². The summed E-state index contributed by atoms with van der Waals surface area (Å²) in [7, 11) is 0. The Morgan fingerprint density at radius 1 is 0.958 bits per heavy atom. The van der Waals surface area contributed by atoms with Crippen molar-refractivity contribution in [2.75, 3.05) is 0 Å². The van der Waals surface area contributed by atoms with E-state index in [0.717, 1.165) is 28.2 Å². The van der Waals surface area contributed by atoms with E-state index < -0.39 is 0 Å². The molecule has 1 aliphatic heterocycles. The number of ether oxygens (including phenoxy) is 1. The van der Waals surface area contributed by atoms with E-state index in [-0.39, 0.29) is 11.8 Å². The Morgan fingerprint density at radius 2 is 1.62 bits per heavy atom. The minimum Gasteiger partial charge on any atom is -0.457 e. The Balaban J connectivity index is 1.65. The number of rotatable bonds is 3. The molecule has 0 atom stereocenters. The van der Waals surface area contributed by atoms with Gasteiger partial charge >= 0.3 is 0 Å². The molecule has 3 aromatic rings. The van der Waals surface area contributed by atoms with Crippen LogP contribution in [0.5, 0.6) is 11.5 Å². The molecule has 0 spiro atoms. The number of hydrogen-bond donors (Lipinski definition) is 1. The molecule has 0 radical (unpaired) electrons. The topological polar surface area (TPSA) is 51.2 Å². The number of aromatic nitrogens is 1. The van der Waals surface area contributed by atoms with Crippen molar-refractivity contribution in [3.05, 3.63) is 89.7 Å². The molecule has 0 saturated heterocycles. The van der Waals surface area contributed by atoms with Gasteiger partial charge in [0.2, 0.25) is 5.91 Å². The zero-order valence-corrected chi connectivity index (χ0v) is 13.0. The van der Waals surface area contributed by atoms with Crippen LogP contribution in [0.15, 0.2) is 73.1 Å². The Kier molecular flexibility index (Phi) is 3.71. The molecule has 4 nitrogen and oxygen atoms in total. The van der Waals surface area contributed by atoms with Gasteiger partial charge in [-0.1, -0.05) is 42.5 Å². The fraction of sp³-hybridized carbons (Fsp3) is 0.100. The van der Waals surface area contributed by atoms with Crippen LogP contribution in [0.3, 0.4) is 0 Å². The van der Waals surface area contributed by atoms with Crippen LogP contribution in [0.4, 0.5) is 0 Å². The van der Waals surface area contributed by atoms with Crippen molar-refractivity contribution < 1.29 is 9.53 Å². The lowest BCUT2D eigenvalue weighted by molar-refractivity contribution is -0.122. The second-order valence-corrected chi connectivity index (χ2v) is 5.69. The van der Waals surface area contributed by atoms with Crippen LogP contribution in [0.2, 0.25) is 0 Å². The highest BCUT2D eigenvalue weighted by Crippen LogP contribution is 2.43. The molecule has 0 unspecified atom stereocenters. The average molecular weight is 316 g/mol. The maximum absolute atomic E-state index is 12.9. The smallest absolute Gasteiger partial charge is 0.232 e. The summed E-state index contributed by atoms with van der Waals surface area (Å²) in [6.07, 6.45) is 3.47. The molecule has 1 amide bonds. The number of nitrogens with one attached hydrogen (secondary N) is 1. The number of benzene rings is 2. The lowest BCUT2D eigenvalue weighted by Crippen LogP contribution is -2.31. The van der Waals surface area contributed by atoms with Crippen molar-refractivity contribution in [1.29, 1.82) is 0 Å². The predicted molar refractivity (Wildman–Crippen MR) is 90.9 cm³/mol. The van der Waals surface area contributed by atoms with E-state index in [9.17, 15) is 4.79 Å². The first kappa shape index (κ1) is 14.5. The largest absolute Gasteiger partial charge is 0.457 e. The number of carbonyl (C=O) groups is 1. The highest BCUT2D eigenvalue weighted by atomic mass is 16.5. The lowest BCUT2D eigenvalue weighted by Gasteiger charge is -2.27. The highest BCUT2D eigenvalue weighted by molar-refractivity contribution is 5.89. The zero-order chi connectivity index (χ0) is 16.4. The fourth-order valence-electron chi connectivity index (χ4n) is 2.99. The second-order valence-electron chi connectivity index (χ2n) is 5.69. The molecule has 2 heterocycles. The summed E-state index contributed by atoms with van der Waals surface area (Å²) >= 11 is 0. The Bertz CT molecular complexity index is 832. The van der Waals surface area contributed by atoms with Crippen molar-refractivity contribution in [2.24, 2.45) is 0 Å². The molecule has 4 rings (SSSR count). The summed E-state index contributed by atoms with van der Waals surface area (Å²) in [6.45, 7) is 0.453. The van der Waals surface area contributed by atoms with Gasteiger partial charge in [0.05, 0.1) is 5.92 Å². The van der Waals surface area contributed by atoms with Crippen LogP contribution in [-0.2, 0) is 11.3 Å². The van der Waals surface area contributed by atoms with E-state index in [1.807, 2.05) is 60.7 Å². The maximum Gasteiger partial charge on any atom is 0.232 e. The van der Waals surface area contributed by atoms with Crippen LogP contribution >= 0.6 is 0 Å². The minimum absolute atomic E-state index is 0.0398. The summed E-state index contributed by atoms with van der Waals surface area (Å²) in [4.78, 5) is 17.0. The summed E-state index contributed by atoms with van der Waals surface area (Å²) in [5.41, 5.74) is 2.75. The second kappa shape index (κ2) is 6.16. The normalized spacial score (nSPS) is 12.7. The number of pyridine rings is 1. The molecule has 1 N–H and O–H groups in total. The molecular formula is C20H16N2O2. The third-order valence-corrected chi connectivity index (χ3v) is 4.13. The van der Waals surface area contributed by atoms with E-state index in [1.165, 1.54) is 0 Å². The summed E-state index contributed by atoms with van der Waals surface area (Å²) < 4.78 is 5.93. The molecule has 118 valence electrons. The molecule has 24 heavy (non-hydrogen) atoms. The van der Waals surface area contributed by atoms with Crippen LogP contribution in [0, 0.1) is 0 Å². The van der Waals surface area contributed by atoms with E-state index in [4.69, 9.17) is 4.74 Å². The van der Waals surface area contributed by atoms with Gasteiger partial charge < -0.3 is 10.1 Å². The Hall–Kier alpha value is -3.14. The third kappa shape index (κ3) is 2.63. The van der Waals surface area contributed by atoms with Gasteiger partial charge in [0.25, 0.3) is 0 Å². The Labute approximate surface area is 140 Å². The highest BCUT2D eigenvalue weighted by Gasteiger charge is 2.32. The van der Waals surface area contributed by atoms with Crippen LogP contribution in [0.1, 0.15) is 22.6 Å². The van der Waals surface area contributed by atoms with E-state index in [1.54, 1.807) is 12.4 Å². The van der Waals surface area contributed by atoms with Crippen molar-refractivity contribution in [3.8, 4) is 11.5 Å². The molecule has 0 fully saturated rings. The van der Waals surface area contributed by atoms with Crippen LogP contribution < -0.4 is 10.1 Å². The first-order valence-electron chi connectivity index (χ1n) is 7.85. The molecule has 1 aliphatic rings. The first-order chi connectivity index (χ1) is 11.8.